The van der Waals surface area contributed by atoms with Gasteiger partial charge >= 0.3 is 0 Å². The zero-order chi connectivity index (χ0) is 10.9. The molecule has 0 aromatic heterocycles. The summed E-state index contributed by atoms with van der Waals surface area (Å²) >= 11 is 1.81. The Morgan fingerprint density at radius 3 is 2.50 bits per heavy atom. The molecule has 0 heterocycles. The molecular weight excluding hydrogens is 337 g/mol. The van der Waals surface area contributed by atoms with Crippen molar-refractivity contribution >= 4 is 42.3 Å². The highest BCUT2D eigenvalue weighted by Gasteiger charge is 2.17. The van der Waals surface area contributed by atoms with Crippen LogP contribution in [0.15, 0.2) is 17.0 Å². The molecule has 74 valence electrons. The molecule has 1 rings (SSSR count). The summed E-state index contributed by atoms with van der Waals surface area (Å²) < 4.78 is 22.5. The fourth-order valence-corrected chi connectivity index (χ4v) is 3.90. The first-order chi connectivity index (χ1) is 6.38. The monoisotopic (exact) mass is 341 g/mol. The summed E-state index contributed by atoms with van der Waals surface area (Å²) in [6.45, 7) is 1.74. The SMILES string of the molecule is Cc1ccc(S(=O)(=O)Cl)c(I)c1C#N. The summed E-state index contributed by atoms with van der Waals surface area (Å²) in [7, 11) is 1.43. The summed E-state index contributed by atoms with van der Waals surface area (Å²) in [6.07, 6.45) is 0. The van der Waals surface area contributed by atoms with Crippen LogP contribution in [0, 0.1) is 21.8 Å². The third kappa shape index (κ3) is 2.19. The van der Waals surface area contributed by atoms with E-state index in [2.05, 4.69) is 0 Å². The number of rotatable bonds is 1. The minimum absolute atomic E-state index is 0.0121. The van der Waals surface area contributed by atoms with Crippen molar-refractivity contribution in [1.29, 1.82) is 5.26 Å². The fraction of sp³-hybridized carbons (Fsp3) is 0.125. The van der Waals surface area contributed by atoms with Crippen molar-refractivity contribution in [3.8, 4) is 6.07 Å². The van der Waals surface area contributed by atoms with Gasteiger partial charge in [0.15, 0.2) is 0 Å². The molecule has 0 aliphatic heterocycles. The summed E-state index contributed by atoms with van der Waals surface area (Å²) in [6, 6.07) is 4.91. The molecular formula is C8H5ClINO2S. The Balaban J connectivity index is 3.62. The van der Waals surface area contributed by atoms with Crippen LogP contribution in [0.2, 0.25) is 0 Å². The molecule has 0 saturated carbocycles. The van der Waals surface area contributed by atoms with Crippen LogP contribution in [-0.2, 0) is 9.05 Å². The summed E-state index contributed by atoms with van der Waals surface area (Å²) in [5.74, 6) is 0. The maximum atomic E-state index is 11.1. The Bertz CT molecular complexity index is 519. The molecule has 0 aliphatic rings. The van der Waals surface area contributed by atoms with Crippen molar-refractivity contribution in [2.45, 2.75) is 11.8 Å². The highest BCUT2D eigenvalue weighted by atomic mass is 127. The predicted molar refractivity (Wildman–Crippen MR) is 61.6 cm³/mol. The molecule has 0 unspecified atom stereocenters. The van der Waals surface area contributed by atoms with Gasteiger partial charge in [0.1, 0.15) is 6.07 Å². The largest absolute Gasteiger partial charge is 0.262 e. The number of hydrogen-bond donors (Lipinski definition) is 0. The number of benzene rings is 1. The predicted octanol–water partition coefficient (Wildman–Crippen LogP) is 2.40. The molecule has 14 heavy (non-hydrogen) atoms. The number of hydrogen-bond acceptors (Lipinski definition) is 3. The smallest absolute Gasteiger partial charge is 0.207 e. The molecule has 0 radical (unpaired) electrons. The van der Waals surface area contributed by atoms with Gasteiger partial charge in [-0.3, -0.25) is 0 Å². The number of nitriles is 1. The fourth-order valence-electron chi connectivity index (χ4n) is 0.979. The number of halogens is 2. The number of nitrogens with zero attached hydrogens (tertiary/aromatic N) is 1. The Hall–Kier alpha value is -0.320. The molecule has 3 nitrogen and oxygen atoms in total. The average Bonchev–Trinajstić information content (AvgIpc) is 2.02. The van der Waals surface area contributed by atoms with Gasteiger partial charge in [0, 0.05) is 10.7 Å². The maximum Gasteiger partial charge on any atom is 0.262 e. The van der Waals surface area contributed by atoms with Crippen molar-refractivity contribution in [1.82, 2.24) is 0 Å². The topological polar surface area (TPSA) is 57.9 Å². The van der Waals surface area contributed by atoms with Crippen LogP contribution < -0.4 is 0 Å². The van der Waals surface area contributed by atoms with E-state index in [0.717, 1.165) is 5.56 Å². The van der Waals surface area contributed by atoms with Gasteiger partial charge in [0.25, 0.3) is 9.05 Å². The van der Waals surface area contributed by atoms with Gasteiger partial charge in [0.05, 0.1) is 14.0 Å². The molecule has 0 atom stereocenters. The quantitative estimate of drug-likeness (QED) is 0.582. The van der Waals surface area contributed by atoms with Gasteiger partial charge in [-0.05, 0) is 41.1 Å². The Labute approximate surface area is 100 Å². The Morgan fingerprint density at radius 1 is 1.50 bits per heavy atom. The zero-order valence-electron chi connectivity index (χ0n) is 7.08. The lowest BCUT2D eigenvalue weighted by molar-refractivity contribution is 0.609. The minimum Gasteiger partial charge on any atom is -0.207 e. The summed E-state index contributed by atoms with van der Waals surface area (Å²) in [5.41, 5.74) is 1.09. The molecule has 0 spiro atoms. The van der Waals surface area contributed by atoms with Crippen molar-refractivity contribution in [2.75, 3.05) is 0 Å². The van der Waals surface area contributed by atoms with E-state index in [-0.39, 0.29) is 4.90 Å². The average molecular weight is 342 g/mol. The van der Waals surface area contributed by atoms with Gasteiger partial charge in [-0.2, -0.15) is 5.26 Å². The van der Waals surface area contributed by atoms with Crippen molar-refractivity contribution in [2.24, 2.45) is 0 Å². The lowest BCUT2D eigenvalue weighted by Crippen LogP contribution is -1.98. The van der Waals surface area contributed by atoms with Crippen molar-refractivity contribution < 1.29 is 8.42 Å². The van der Waals surface area contributed by atoms with Crippen LogP contribution in [0.5, 0.6) is 0 Å². The van der Waals surface area contributed by atoms with Crippen LogP contribution in [0.3, 0.4) is 0 Å². The molecule has 6 heteroatoms. The molecule has 1 aromatic carbocycles. The molecule has 0 N–H and O–H groups in total. The van der Waals surface area contributed by atoms with Gasteiger partial charge in [-0.25, -0.2) is 8.42 Å². The second kappa shape index (κ2) is 4.04. The van der Waals surface area contributed by atoms with E-state index in [1.165, 1.54) is 6.07 Å². The summed E-state index contributed by atoms with van der Waals surface area (Å²) in [4.78, 5) is -0.0121. The van der Waals surface area contributed by atoms with E-state index in [0.29, 0.717) is 9.13 Å². The first kappa shape index (κ1) is 11.8. The molecule has 0 bridgehead atoms. The van der Waals surface area contributed by atoms with E-state index >= 15 is 0 Å². The van der Waals surface area contributed by atoms with Gasteiger partial charge < -0.3 is 0 Å². The van der Waals surface area contributed by atoms with E-state index in [4.69, 9.17) is 15.9 Å². The maximum absolute atomic E-state index is 11.1. The van der Waals surface area contributed by atoms with Gasteiger partial charge in [-0.1, -0.05) is 6.07 Å². The molecule has 0 saturated heterocycles. The van der Waals surface area contributed by atoms with Crippen LogP contribution >= 0.6 is 33.3 Å². The van der Waals surface area contributed by atoms with Crippen molar-refractivity contribution in [3.05, 3.63) is 26.8 Å². The molecule has 0 amide bonds. The van der Waals surface area contributed by atoms with E-state index in [1.54, 1.807) is 35.6 Å². The van der Waals surface area contributed by atoms with E-state index < -0.39 is 9.05 Å². The minimum atomic E-state index is -3.77. The third-order valence-corrected chi connectivity index (χ3v) is 4.54. The standard InChI is InChI=1S/C8H5ClINO2S/c1-5-2-3-7(14(9,12)13)8(10)6(5)4-11/h2-3H,1H3. The van der Waals surface area contributed by atoms with Crippen LogP contribution in [-0.4, -0.2) is 8.42 Å². The summed E-state index contributed by atoms with van der Waals surface area (Å²) in [5, 5.41) is 8.80. The van der Waals surface area contributed by atoms with Crippen molar-refractivity contribution in [3.63, 3.8) is 0 Å². The first-order valence-corrected chi connectivity index (χ1v) is 6.90. The molecule has 0 aliphatic carbocycles. The lowest BCUT2D eigenvalue weighted by atomic mass is 10.1. The second-order valence-electron chi connectivity index (χ2n) is 2.62. The normalized spacial score (nSPS) is 11.0. The second-order valence-corrected chi connectivity index (χ2v) is 6.23. The number of aryl methyl sites for hydroxylation is 1. The highest BCUT2D eigenvalue weighted by molar-refractivity contribution is 14.1. The van der Waals surface area contributed by atoms with E-state index in [1.807, 2.05) is 6.07 Å². The first-order valence-electron chi connectivity index (χ1n) is 3.52. The zero-order valence-corrected chi connectivity index (χ0v) is 10.8. The highest BCUT2D eigenvalue weighted by Crippen LogP contribution is 2.26. The van der Waals surface area contributed by atoms with Crippen LogP contribution in [0.1, 0.15) is 11.1 Å². The lowest BCUT2D eigenvalue weighted by Gasteiger charge is -2.04. The molecule has 1 aromatic rings. The van der Waals surface area contributed by atoms with Gasteiger partial charge in [0.2, 0.25) is 0 Å². The van der Waals surface area contributed by atoms with E-state index in [9.17, 15) is 8.42 Å². The van der Waals surface area contributed by atoms with Gasteiger partial charge in [-0.15, -0.1) is 0 Å². The molecule has 0 fully saturated rings. The third-order valence-electron chi connectivity index (χ3n) is 1.69. The Morgan fingerprint density at radius 2 is 2.07 bits per heavy atom. The Kier molecular flexibility index (Phi) is 3.40. The van der Waals surface area contributed by atoms with Crippen LogP contribution in [0.4, 0.5) is 0 Å². The van der Waals surface area contributed by atoms with Crippen LogP contribution in [0.25, 0.3) is 0 Å².